The average molecular weight is 228 g/mol. The van der Waals surface area contributed by atoms with Gasteiger partial charge < -0.3 is 16.3 Å². The van der Waals surface area contributed by atoms with Crippen LogP contribution in [0.1, 0.15) is 19.0 Å². The molecule has 0 atom stereocenters. The second kappa shape index (κ2) is 5.30. The molecule has 0 aromatic carbocycles. The van der Waals surface area contributed by atoms with Gasteiger partial charge in [0.15, 0.2) is 10.8 Å². The van der Waals surface area contributed by atoms with E-state index in [1.165, 1.54) is 11.3 Å². The molecule has 1 aromatic heterocycles. The molecule has 0 aliphatic heterocycles. The summed E-state index contributed by atoms with van der Waals surface area (Å²) in [4.78, 5) is 19.8. The Morgan fingerprint density at radius 3 is 2.93 bits per heavy atom. The zero-order valence-electron chi connectivity index (χ0n) is 8.27. The highest BCUT2D eigenvalue weighted by molar-refractivity contribution is 7.13. The zero-order chi connectivity index (χ0) is 11.3. The zero-order valence-corrected chi connectivity index (χ0v) is 9.08. The molecule has 0 unspecified atom stereocenters. The summed E-state index contributed by atoms with van der Waals surface area (Å²) in [5.41, 5.74) is 10.9. The number of oxime groups is 1. The number of hydrogen-bond acceptors (Lipinski definition) is 6. The number of carbonyl (C=O) groups is 1. The van der Waals surface area contributed by atoms with Crippen LogP contribution in [0.2, 0.25) is 0 Å². The summed E-state index contributed by atoms with van der Waals surface area (Å²) in [6.45, 7) is 2.36. The number of hydrogen-bond donors (Lipinski definition) is 2. The van der Waals surface area contributed by atoms with Crippen molar-refractivity contribution < 1.29 is 9.63 Å². The Balaban J connectivity index is 2.83. The lowest BCUT2D eigenvalue weighted by molar-refractivity contribution is -0.112. The van der Waals surface area contributed by atoms with E-state index in [1.54, 1.807) is 5.38 Å². The fourth-order valence-electron chi connectivity index (χ4n) is 0.816. The molecule has 1 amide bonds. The molecule has 0 spiro atoms. The van der Waals surface area contributed by atoms with Gasteiger partial charge in [0, 0.05) is 5.38 Å². The molecule has 1 aromatic rings. The Morgan fingerprint density at radius 2 is 2.47 bits per heavy atom. The summed E-state index contributed by atoms with van der Waals surface area (Å²) in [5, 5.41) is 5.59. The number of amides is 1. The van der Waals surface area contributed by atoms with Crippen molar-refractivity contribution in [1.82, 2.24) is 4.98 Å². The van der Waals surface area contributed by atoms with E-state index < -0.39 is 5.91 Å². The molecule has 15 heavy (non-hydrogen) atoms. The SMILES string of the molecule is CCCO/N=C(/C(N)=O)c1csc(N)n1. The van der Waals surface area contributed by atoms with E-state index in [1.807, 2.05) is 6.92 Å². The van der Waals surface area contributed by atoms with Gasteiger partial charge >= 0.3 is 0 Å². The quantitative estimate of drug-likeness (QED) is 0.431. The molecular weight excluding hydrogens is 216 g/mol. The van der Waals surface area contributed by atoms with Crippen LogP contribution in [0.5, 0.6) is 0 Å². The fourth-order valence-corrected chi connectivity index (χ4v) is 1.36. The van der Waals surface area contributed by atoms with Crippen molar-refractivity contribution in [3.05, 3.63) is 11.1 Å². The molecule has 0 saturated heterocycles. The van der Waals surface area contributed by atoms with Crippen LogP contribution in [0, 0.1) is 0 Å². The predicted octanol–water partition coefficient (Wildman–Crippen LogP) is 0.341. The maximum atomic E-state index is 11.0. The second-order valence-electron chi connectivity index (χ2n) is 2.71. The Bertz CT molecular complexity index is 374. The van der Waals surface area contributed by atoms with Crippen LogP contribution in [0.25, 0.3) is 0 Å². The molecule has 0 aliphatic rings. The first kappa shape index (κ1) is 11.4. The van der Waals surface area contributed by atoms with Crippen molar-refractivity contribution in [2.45, 2.75) is 13.3 Å². The van der Waals surface area contributed by atoms with E-state index in [9.17, 15) is 4.79 Å². The second-order valence-corrected chi connectivity index (χ2v) is 3.60. The maximum Gasteiger partial charge on any atom is 0.273 e. The minimum absolute atomic E-state index is 0.00333. The minimum atomic E-state index is -0.684. The number of nitrogens with two attached hydrogens (primary N) is 2. The number of aromatic nitrogens is 1. The number of primary amides is 1. The molecule has 4 N–H and O–H groups in total. The fraction of sp³-hybridized carbons (Fsp3) is 0.375. The summed E-state index contributed by atoms with van der Waals surface area (Å²) in [5.74, 6) is -0.684. The van der Waals surface area contributed by atoms with Gasteiger partial charge in [-0.2, -0.15) is 0 Å². The van der Waals surface area contributed by atoms with Crippen LogP contribution in [0.15, 0.2) is 10.5 Å². The van der Waals surface area contributed by atoms with Crippen molar-refractivity contribution in [3.63, 3.8) is 0 Å². The number of thiazole rings is 1. The lowest BCUT2D eigenvalue weighted by Gasteiger charge is -1.98. The summed E-state index contributed by atoms with van der Waals surface area (Å²) >= 11 is 1.21. The van der Waals surface area contributed by atoms with E-state index in [0.29, 0.717) is 17.4 Å². The average Bonchev–Trinajstić information content (AvgIpc) is 2.59. The molecule has 1 rings (SSSR count). The largest absolute Gasteiger partial charge is 0.395 e. The summed E-state index contributed by atoms with van der Waals surface area (Å²) in [6.07, 6.45) is 0.800. The van der Waals surface area contributed by atoms with Crippen LogP contribution >= 0.6 is 11.3 Å². The van der Waals surface area contributed by atoms with Crippen LogP contribution < -0.4 is 11.5 Å². The standard InChI is InChI=1S/C8H12N4O2S/c1-2-3-14-12-6(7(9)13)5-4-15-8(10)11-5/h4H,2-3H2,1H3,(H2,9,13)(H2,10,11)/b12-6+. The van der Waals surface area contributed by atoms with Gasteiger partial charge in [0.2, 0.25) is 0 Å². The van der Waals surface area contributed by atoms with E-state index in [2.05, 4.69) is 10.1 Å². The van der Waals surface area contributed by atoms with Gasteiger partial charge in [0.1, 0.15) is 12.3 Å². The molecule has 0 saturated carbocycles. The molecular formula is C8H12N4O2S. The van der Waals surface area contributed by atoms with Crippen molar-refractivity contribution in [2.24, 2.45) is 10.9 Å². The first-order valence-corrected chi connectivity index (χ1v) is 5.24. The van der Waals surface area contributed by atoms with Crippen LogP contribution in [-0.2, 0) is 9.63 Å². The maximum absolute atomic E-state index is 11.0. The molecule has 0 bridgehead atoms. The smallest absolute Gasteiger partial charge is 0.273 e. The Kier molecular flexibility index (Phi) is 4.04. The monoisotopic (exact) mass is 228 g/mol. The van der Waals surface area contributed by atoms with Gasteiger partial charge in [-0.05, 0) is 6.42 Å². The van der Waals surface area contributed by atoms with Crippen LogP contribution in [0.3, 0.4) is 0 Å². The lowest BCUT2D eigenvalue weighted by Crippen LogP contribution is -2.25. The number of anilines is 1. The van der Waals surface area contributed by atoms with Crippen LogP contribution in [-0.4, -0.2) is 23.2 Å². The highest BCUT2D eigenvalue weighted by Gasteiger charge is 2.14. The van der Waals surface area contributed by atoms with Crippen molar-refractivity contribution in [1.29, 1.82) is 0 Å². The van der Waals surface area contributed by atoms with Crippen molar-refractivity contribution in [2.75, 3.05) is 12.3 Å². The van der Waals surface area contributed by atoms with Gasteiger partial charge in [0.05, 0.1) is 0 Å². The molecule has 0 aliphatic carbocycles. The van der Waals surface area contributed by atoms with E-state index >= 15 is 0 Å². The van der Waals surface area contributed by atoms with Gasteiger partial charge in [-0.15, -0.1) is 11.3 Å². The van der Waals surface area contributed by atoms with E-state index in [-0.39, 0.29) is 5.71 Å². The Morgan fingerprint density at radius 1 is 1.73 bits per heavy atom. The number of nitrogen functional groups attached to an aromatic ring is 1. The summed E-state index contributed by atoms with van der Waals surface area (Å²) < 4.78 is 0. The van der Waals surface area contributed by atoms with Crippen molar-refractivity contribution in [3.8, 4) is 0 Å². The first-order valence-electron chi connectivity index (χ1n) is 4.36. The van der Waals surface area contributed by atoms with Gasteiger partial charge in [-0.1, -0.05) is 12.1 Å². The predicted molar refractivity (Wildman–Crippen MR) is 58.5 cm³/mol. The van der Waals surface area contributed by atoms with E-state index in [0.717, 1.165) is 6.42 Å². The number of rotatable bonds is 5. The Labute approximate surface area is 90.9 Å². The van der Waals surface area contributed by atoms with Gasteiger partial charge in [0.25, 0.3) is 5.91 Å². The Hall–Kier alpha value is -1.63. The van der Waals surface area contributed by atoms with Crippen LogP contribution in [0.4, 0.5) is 5.13 Å². The molecule has 1 heterocycles. The topological polar surface area (TPSA) is 104 Å². The molecule has 82 valence electrons. The molecule has 7 heteroatoms. The third-order valence-electron chi connectivity index (χ3n) is 1.45. The lowest BCUT2D eigenvalue weighted by atomic mass is 10.3. The van der Waals surface area contributed by atoms with Gasteiger partial charge in [-0.25, -0.2) is 4.98 Å². The third-order valence-corrected chi connectivity index (χ3v) is 2.12. The minimum Gasteiger partial charge on any atom is -0.395 e. The highest BCUT2D eigenvalue weighted by atomic mass is 32.1. The van der Waals surface area contributed by atoms with E-state index in [4.69, 9.17) is 16.3 Å². The highest BCUT2D eigenvalue weighted by Crippen LogP contribution is 2.12. The first-order chi connectivity index (χ1) is 7.15. The molecule has 6 nitrogen and oxygen atoms in total. The molecule has 0 radical (unpaired) electrons. The number of carbonyl (C=O) groups excluding carboxylic acids is 1. The summed E-state index contributed by atoms with van der Waals surface area (Å²) in [7, 11) is 0. The summed E-state index contributed by atoms with van der Waals surface area (Å²) in [6, 6.07) is 0. The molecule has 0 fully saturated rings. The van der Waals surface area contributed by atoms with Crippen molar-refractivity contribution >= 4 is 28.1 Å². The third kappa shape index (κ3) is 3.21. The number of nitrogens with zero attached hydrogens (tertiary/aromatic N) is 2. The van der Waals surface area contributed by atoms with Gasteiger partial charge in [-0.3, -0.25) is 4.79 Å². The normalized spacial score (nSPS) is 11.4.